The van der Waals surface area contributed by atoms with E-state index in [0.717, 1.165) is 6.42 Å². The van der Waals surface area contributed by atoms with Crippen molar-refractivity contribution in [3.8, 4) is 0 Å². The molecule has 0 heterocycles. The summed E-state index contributed by atoms with van der Waals surface area (Å²) in [4.78, 5) is 0. The van der Waals surface area contributed by atoms with Crippen LogP contribution in [-0.2, 0) is 9.47 Å². The van der Waals surface area contributed by atoms with Gasteiger partial charge in [0.1, 0.15) is 6.79 Å². The molecule has 56 valence electrons. The lowest BCUT2D eigenvalue weighted by Crippen LogP contribution is -2.23. The fraction of sp³-hybridized carbons (Fsp3) is 1.00. The van der Waals surface area contributed by atoms with Crippen LogP contribution >= 0.6 is 0 Å². The van der Waals surface area contributed by atoms with Gasteiger partial charge in [-0.15, -0.1) is 0 Å². The molecule has 0 aromatic heterocycles. The van der Waals surface area contributed by atoms with E-state index in [1.54, 1.807) is 7.11 Å². The zero-order valence-electron chi connectivity index (χ0n) is 6.73. The molecule has 0 saturated carbocycles. The van der Waals surface area contributed by atoms with Gasteiger partial charge in [0.15, 0.2) is 0 Å². The third-order valence-corrected chi connectivity index (χ3v) is 1.42. The van der Waals surface area contributed by atoms with Crippen LogP contribution in [0, 0.1) is 0 Å². The van der Waals surface area contributed by atoms with E-state index in [9.17, 15) is 0 Å². The largest absolute Gasteiger partial charge is 0.359 e. The van der Waals surface area contributed by atoms with Gasteiger partial charge in [0, 0.05) is 7.11 Å². The van der Waals surface area contributed by atoms with Gasteiger partial charge < -0.3 is 9.47 Å². The van der Waals surface area contributed by atoms with Crippen LogP contribution < -0.4 is 0 Å². The van der Waals surface area contributed by atoms with Crippen molar-refractivity contribution in [1.82, 2.24) is 0 Å². The summed E-state index contributed by atoms with van der Waals surface area (Å²) in [7, 11) is 1.63. The van der Waals surface area contributed by atoms with Crippen molar-refractivity contribution in [3.05, 3.63) is 0 Å². The van der Waals surface area contributed by atoms with E-state index < -0.39 is 0 Å². The maximum absolute atomic E-state index is 5.31. The maximum atomic E-state index is 5.31. The minimum Gasteiger partial charge on any atom is -0.359 e. The van der Waals surface area contributed by atoms with Crippen LogP contribution in [-0.4, -0.2) is 19.5 Å². The molecule has 0 radical (unpaired) electrons. The Balaban J connectivity index is 3.33. The van der Waals surface area contributed by atoms with Crippen molar-refractivity contribution in [2.75, 3.05) is 13.9 Å². The second-order valence-electron chi connectivity index (χ2n) is 2.66. The molecule has 0 atom stereocenters. The first-order valence-electron chi connectivity index (χ1n) is 3.25. The lowest BCUT2D eigenvalue weighted by atomic mass is 10.1. The first kappa shape index (κ1) is 8.92. The van der Waals surface area contributed by atoms with Crippen molar-refractivity contribution in [2.45, 2.75) is 32.8 Å². The van der Waals surface area contributed by atoms with Crippen molar-refractivity contribution in [3.63, 3.8) is 0 Å². The van der Waals surface area contributed by atoms with Crippen LogP contribution in [0.25, 0.3) is 0 Å². The standard InChI is InChI=1S/C7H16O2/c1-5-7(2,3)9-6-8-4/h5-6H2,1-4H3. The van der Waals surface area contributed by atoms with Gasteiger partial charge in [0.05, 0.1) is 5.60 Å². The topological polar surface area (TPSA) is 18.5 Å². The van der Waals surface area contributed by atoms with Crippen LogP contribution in [0.3, 0.4) is 0 Å². The molecular formula is C7H16O2. The average molecular weight is 132 g/mol. The molecule has 0 aliphatic rings. The Morgan fingerprint density at radius 2 is 1.89 bits per heavy atom. The molecule has 0 aliphatic heterocycles. The number of rotatable bonds is 4. The fourth-order valence-electron chi connectivity index (χ4n) is 0.321. The molecule has 0 saturated heterocycles. The summed E-state index contributed by atoms with van der Waals surface area (Å²) in [5.74, 6) is 0. The summed E-state index contributed by atoms with van der Waals surface area (Å²) >= 11 is 0. The van der Waals surface area contributed by atoms with Gasteiger partial charge in [-0.3, -0.25) is 0 Å². The highest BCUT2D eigenvalue weighted by atomic mass is 16.7. The van der Waals surface area contributed by atoms with E-state index in [-0.39, 0.29) is 5.60 Å². The monoisotopic (exact) mass is 132 g/mol. The highest BCUT2D eigenvalue weighted by Crippen LogP contribution is 2.12. The molecular weight excluding hydrogens is 116 g/mol. The second kappa shape index (κ2) is 3.85. The molecule has 0 rings (SSSR count). The Labute approximate surface area is 57.2 Å². The molecule has 0 unspecified atom stereocenters. The van der Waals surface area contributed by atoms with Crippen LogP contribution in [0.15, 0.2) is 0 Å². The summed E-state index contributed by atoms with van der Waals surface area (Å²) in [5, 5.41) is 0. The van der Waals surface area contributed by atoms with Gasteiger partial charge >= 0.3 is 0 Å². The third-order valence-electron chi connectivity index (χ3n) is 1.42. The van der Waals surface area contributed by atoms with E-state index in [4.69, 9.17) is 9.47 Å². The van der Waals surface area contributed by atoms with Crippen molar-refractivity contribution >= 4 is 0 Å². The molecule has 0 fully saturated rings. The highest BCUT2D eigenvalue weighted by molar-refractivity contribution is 4.63. The molecule has 0 spiro atoms. The van der Waals surface area contributed by atoms with Crippen LogP contribution in [0.5, 0.6) is 0 Å². The number of hydrogen-bond acceptors (Lipinski definition) is 2. The Hall–Kier alpha value is -0.0800. The molecule has 0 aromatic rings. The number of ether oxygens (including phenoxy) is 2. The summed E-state index contributed by atoms with van der Waals surface area (Å²) in [5.41, 5.74) is -0.0317. The minimum absolute atomic E-state index is 0.0317. The maximum Gasteiger partial charge on any atom is 0.147 e. The molecule has 9 heavy (non-hydrogen) atoms. The Kier molecular flexibility index (Phi) is 3.82. The average Bonchev–Trinajstić information content (AvgIpc) is 1.84. The Morgan fingerprint density at radius 3 is 2.22 bits per heavy atom. The highest BCUT2D eigenvalue weighted by Gasteiger charge is 2.13. The van der Waals surface area contributed by atoms with Gasteiger partial charge in [-0.05, 0) is 20.3 Å². The molecule has 2 nitrogen and oxygen atoms in total. The number of hydrogen-bond donors (Lipinski definition) is 0. The van der Waals surface area contributed by atoms with Crippen molar-refractivity contribution in [1.29, 1.82) is 0 Å². The van der Waals surface area contributed by atoms with E-state index in [0.29, 0.717) is 6.79 Å². The normalized spacial score (nSPS) is 12.0. The summed E-state index contributed by atoms with van der Waals surface area (Å²) < 4.78 is 10.1. The fourth-order valence-corrected chi connectivity index (χ4v) is 0.321. The van der Waals surface area contributed by atoms with Crippen molar-refractivity contribution in [2.24, 2.45) is 0 Å². The van der Waals surface area contributed by atoms with Gasteiger partial charge in [-0.25, -0.2) is 0 Å². The summed E-state index contributed by atoms with van der Waals surface area (Å²) in [6, 6.07) is 0. The SMILES string of the molecule is CCC(C)(C)OCOC. The van der Waals surface area contributed by atoms with E-state index in [2.05, 4.69) is 6.92 Å². The van der Waals surface area contributed by atoms with Crippen LogP contribution in [0.1, 0.15) is 27.2 Å². The van der Waals surface area contributed by atoms with E-state index in [1.807, 2.05) is 13.8 Å². The van der Waals surface area contributed by atoms with Gasteiger partial charge in [0.2, 0.25) is 0 Å². The van der Waals surface area contributed by atoms with Gasteiger partial charge in [-0.1, -0.05) is 6.92 Å². The summed E-state index contributed by atoms with van der Waals surface area (Å²) in [6.07, 6.45) is 1.01. The zero-order chi connectivity index (χ0) is 7.33. The van der Waals surface area contributed by atoms with E-state index in [1.165, 1.54) is 0 Å². The number of methoxy groups -OCH3 is 1. The predicted octanol–water partition coefficient (Wildman–Crippen LogP) is 1.80. The zero-order valence-corrected chi connectivity index (χ0v) is 6.73. The second-order valence-corrected chi connectivity index (χ2v) is 2.66. The molecule has 0 N–H and O–H groups in total. The molecule has 0 aromatic carbocycles. The summed E-state index contributed by atoms with van der Waals surface area (Å²) in [6.45, 7) is 6.58. The minimum atomic E-state index is -0.0317. The first-order chi connectivity index (χ1) is 4.12. The van der Waals surface area contributed by atoms with Crippen LogP contribution in [0.2, 0.25) is 0 Å². The molecule has 0 amide bonds. The smallest absolute Gasteiger partial charge is 0.147 e. The van der Waals surface area contributed by atoms with Crippen molar-refractivity contribution < 1.29 is 9.47 Å². The van der Waals surface area contributed by atoms with Gasteiger partial charge in [0.25, 0.3) is 0 Å². The lowest BCUT2D eigenvalue weighted by Gasteiger charge is -2.22. The first-order valence-corrected chi connectivity index (χ1v) is 3.25. The Bertz CT molecular complexity index is 69.3. The van der Waals surface area contributed by atoms with Gasteiger partial charge in [-0.2, -0.15) is 0 Å². The van der Waals surface area contributed by atoms with Crippen LogP contribution in [0.4, 0.5) is 0 Å². The predicted molar refractivity (Wildman–Crippen MR) is 37.3 cm³/mol. The Morgan fingerprint density at radius 1 is 1.33 bits per heavy atom. The third kappa shape index (κ3) is 4.43. The molecule has 0 aliphatic carbocycles. The lowest BCUT2D eigenvalue weighted by molar-refractivity contribution is -0.115. The molecule has 0 bridgehead atoms. The van der Waals surface area contributed by atoms with E-state index >= 15 is 0 Å². The quantitative estimate of drug-likeness (QED) is 0.543. The molecule has 2 heteroatoms.